The Hall–Kier alpha value is -3.71. The van der Waals surface area contributed by atoms with Crippen LogP contribution in [0.5, 0.6) is 0 Å². The average Bonchev–Trinajstić information content (AvgIpc) is 3.39. The maximum atomic E-state index is 12.5. The minimum atomic E-state index is -0.139. The maximum absolute atomic E-state index is 12.5. The van der Waals surface area contributed by atoms with Gasteiger partial charge in [0.25, 0.3) is 5.91 Å². The number of hydrogen-bond donors (Lipinski definition) is 2. The van der Waals surface area contributed by atoms with Gasteiger partial charge in [-0.1, -0.05) is 48.5 Å². The van der Waals surface area contributed by atoms with E-state index in [1.54, 1.807) is 17.1 Å². The van der Waals surface area contributed by atoms with Crippen molar-refractivity contribution in [1.29, 1.82) is 0 Å². The summed E-state index contributed by atoms with van der Waals surface area (Å²) in [5.41, 5.74) is 12.8. The molecule has 0 fully saturated rings. The summed E-state index contributed by atoms with van der Waals surface area (Å²) in [6.07, 6.45) is 3.38. The third-order valence-electron chi connectivity index (χ3n) is 5.41. The predicted octanol–water partition coefficient (Wildman–Crippen LogP) is 3.18. The van der Waals surface area contributed by atoms with E-state index in [1.807, 2.05) is 35.9 Å². The Kier molecular flexibility index (Phi) is 6.47. The van der Waals surface area contributed by atoms with Gasteiger partial charge in [0.05, 0.1) is 30.5 Å². The Morgan fingerprint density at radius 2 is 1.56 bits per heavy atom. The quantitative estimate of drug-likeness (QED) is 0.451. The van der Waals surface area contributed by atoms with Gasteiger partial charge in [0.15, 0.2) is 0 Å². The van der Waals surface area contributed by atoms with Crippen molar-refractivity contribution in [3.63, 3.8) is 0 Å². The molecule has 0 aliphatic carbocycles. The van der Waals surface area contributed by atoms with Crippen LogP contribution >= 0.6 is 0 Å². The number of aryl methyl sites for hydroxylation is 2. The average molecular weight is 429 g/mol. The lowest BCUT2D eigenvalue weighted by Crippen LogP contribution is -2.22. The van der Waals surface area contributed by atoms with Gasteiger partial charge in [-0.3, -0.25) is 14.2 Å². The number of nitrogens with one attached hydrogen (secondary N) is 1. The SMILES string of the molecule is Cc1cc(C)n(Cc2ccc(Cn3cc(C(=O)NCc4ccc(CN)cc4)cn3)cc2)n1. The number of carbonyl (C=O) groups is 1. The minimum absolute atomic E-state index is 0.139. The van der Waals surface area contributed by atoms with E-state index in [4.69, 9.17) is 5.73 Å². The maximum Gasteiger partial charge on any atom is 0.254 e. The number of nitrogens with two attached hydrogens (primary N) is 1. The molecule has 1 amide bonds. The molecule has 164 valence electrons. The molecule has 7 nitrogen and oxygen atoms in total. The zero-order valence-electron chi connectivity index (χ0n) is 18.5. The van der Waals surface area contributed by atoms with Crippen LogP contribution in [0.2, 0.25) is 0 Å². The zero-order valence-corrected chi connectivity index (χ0v) is 18.5. The van der Waals surface area contributed by atoms with Gasteiger partial charge in [-0.2, -0.15) is 10.2 Å². The van der Waals surface area contributed by atoms with Crippen LogP contribution in [0.4, 0.5) is 0 Å². The number of carbonyl (C=O) groups excluding carboxylic acids is 1. The van der Waals surface area contributed by atoms with Crippen LogP contribution in [-0.2, 0) is 26.2 Å². The first kappa shape index (κ1) is 21.5. The normalized spacial score (nSPS) is 11.0. The van der Waals surface area contributed by atoms with Crippen molar-refractivity contribution < 1.29 is 4.79 Å². The molecule has 0 saturated carbocycles. The highest BCUT2D eigenvalue weighted by Crippen LogP contribution is 2.11. The van der Waals surface area contributed by atoms with E-state index >= 15 is 0 Å². The molecule has 7 heteroatoms. The van der Waals surface area contributed by atoms with Gasteiger partial charge in [0.1, 0.15) is 0 Å². The van der Waals surface area contributed by atoms with Crippen molar-refractivity contribution in [2.45, 2.75) is 40.0 Å². The van der Waals surface area contributed by atoms with E-state index in [2.05, 4.69) is 52.8 Å². The molecule has 0 bridgehead atoms. The Bertz CT molecular complexity index is 1190. The van der Waals surface area contributed by atoms with Gasteiger partial charge < -0.3 is 11.1 Å². The predicted molar refractivity (Wildman–Crippen MR) is 124 cm³/mol. The smallest absolute Gasteiger partial charge is 0.254 e. The van der Waals surface area contributed by atoms with E-state index in [-0.39, 0.29) is 5.91 Å². The van der Waals surface area contributed by atoms with Crippen molar-refractivity contribution in [1.82, 2.24) is 24.9 Å². The lowest BCUT2D eigenvalue weighted by molar-refractivity contribution is 0.0951. The molecule has 4 rings (SSSR count). The van der Waals surface area contributed by atoms with Crippen LogP contribution in [0, 0.1) is 13.8 Å². The molecule has 4 aromatic rings. The summed E-state index contributed by atoms with van der Waals surface area (Å²) in [6, 6.07) is 18.4. The number of benzene rings is 2. The first-order chi connectivity index (χ1) is 15.5. The van der Waals surface area contributed by atoms with Crippen LogP contribution in [0.15, 0.2) is 67.0 Å². The van der Waals surface area contributed by atoms with E-state index in [1.165, 1.54) is 5.56 Å². The Morgan fingerprint density at radius 3 is 2.19 bits per heavy atom. The lowest BCUT2D eigenvalue weighted by atomic mass is 10.1. The lowest BCUT2D eigenvalue weighted by Gasteiger charge is -2.07. The number of aromatic nitrogens is 4. The Labute approximate surface area is 187 Å². The molecule has 0 atom stereocenters. The van der Waals surface area contributed by atoms with E-state index in [0.29, 0.717) is 25.2 Å². The molecule has 0 spiro atoms. The second-order valence-electron chi connectivity index (χ2n) is 8.03. The summed E-state index contributed by atoms with van der Waals surface area (Å²) in [7, 11) is 0. The minimum Gasteiger partial charge on any atom is -0.348 e. The van der Waals surface area contributed by atoms with Crippen molar-refractivity contribution in [3.05, 3.63) is 106 Å². The van der Waals surface area contributed by atoms with Crippen molar-refractivity contribution in [2.24, 2.45) is 5.73 Å². The number of rotatable bonds is 8. The molecule has 0 aliphatic rings. The van der Waals surface area contributed by atoms with E-state index in [0.717, 1.165) is 34.6 Å². The van der Waals surface area contributed by atoms with Crippen molar-refractivity contribution in [2.75, 3.05) is 0 Å². The van der Waals surface area contributed by atoms with Gasteiger partial charge in [-0.25, -0.2) is 0 Å². The first-order valence-electron chi connectivity index (χ1n) is 10.7. The second-order valence-corrected chi connectivity index (χ2v) is 8.03. The number of nitrogens with zero attached hydrogens (tertiary/aromatic N) is 4. The van der Waals surface area contributed by atoms with Crippen molar-refractivity contribution in [3.8, 4) is 0 Å². The van der Waals surface area contributed by atoms with Gasteiger partial charge in [-0.05, 0) is 42.2 Å². The summed E-state index contributed by atoms with van der Waals surface area (Å²) in [5, 5.41) is 11.8. The highest BCUT2D eigenvalue weighted by molar-refractivity contribution is 5.93. The molecule has 3 N–H and O–H groups in total. The van der Waals surface area contributed by atoms with Crippen molar-refractivity contribution >= 4 is 5.91 Å². The highest BCUT2D eigenvalue weighted by Gasteiger charge is 2.09. The summed E-state index contributed by atoms with van der Waals surface area (Å²) >= 11 is 0. The van der Waals surface area contributed by atoms with Crippen LogP contribution < -0.4 is 11.1 Å². The molecule has 2 aromatic heterocycles. The summed E-state index contributed by atoms with van der Waals surface area (Å²) in [5.74, 6) is -0.139. The molecule has 0 aliphatic heterocycles. The summed E-state index contributed by atoms with van der Waals surface area (Å²) in [4.78, 5) is 12.5. The molecule has 0 radical (unpaired) electrons. The molecular weight excluding hydrogens is 400 g/mol. The monoisotopic (exact) mass is 428 g/mol. The van der Waals surface area contributed by atoms with E-state index < -0.39 is 0 Å². The molecule has 0 unspecified atom stereocenters. The van der Waals surface area contributed by atoms with Gasteiger partial charge in [0.2, 0.25) is 0 Å². The van der Waals surface area contributed by atoms with Crippen LogP contribution in [-0.4, -0.2) is 25.5 Å². The number of amides is 1. The number of hydrogen-bond acceptors (Lipinski definition) is 4. The molecule has 2 aromatic carbocycles. The van der Waals surface area contributed by atoms with Gasteiger partial charge in [0, 0.05) is 25.0 Å². The molecule has 32 heavy (non-hydrogen) atoms. The third-order valence-corrected chi connectivity index (χ3v) is 5.41. The third kappa shape index (κ3) is 5.31. The fourth-order valence-corrected chi connectivity index (χ4v) is 3.59. The fourth-order valence-electron chi connectivity index (χ4n) is 3.59. The zero-order chi connectivity index (χ0) is 22.5. The van der Waals surface area contributed by atoms with Gasteiger partial charge >= 0.3 is 0 Å². The highest BCUT2D eigenvalue weighted by atomic mass is 16.1. The fraction of sp³-hybridized carbons (Fsp3) is 0.240. The van der Waals surface area contributed by atoms with Gasteiger partial charge in [-0.15, -0.1) is 0 Å². The molecule has 2 heterocycles. The molecular formula is C25H28N6O. The van der Waals surface area contributed by atoms with Crippen LogP contribution in [0.3, 0.4) is 0 Å². The topological polar surface area (TPSA) is 90.8 Å². The van der Waals surface area contributed by atoms with Crippen LogP contribution in [0.25, 0.3) is 0 Å². The standard InChI is InChI=1S/C25H28N6O/c1-18-11-19(2)31(29-18)16-23-9-7-22(8-10-23)15-30-17-24(14-28-30)25(32)27-13-21-5-3-20(12-26)4-6-21/h3-11,14,17H,12-13,15-16,26H2,1-2H3,(H,27,32). The Balaban J connectivity index is 1.32. The second kappa shape index (κ2) is 9.62. The molecule has 0 saturated heterocycles. The largest absolute Gasteiger partial charge is 0.348 e. The Morgan fingerprint density at radius 1 is 0.938 bits per heavy atom. The van der Waals surface area contributed by atoms with E-state index in [9.17, 15) is 4.79 Å². The van der Waals surface area contributed by atoms with Crippen LogP contribution in [0.1, 0.15) is 44.0 Å². The summed E-state index contributed by atoms with van der Waals surface area (Å²) < 4.78 is 3.79. The first-order valence-corrected chi connectivity index (χ1v) is 10.7. The summed E-state index contributed by atoms with van der Waals surface area (Å²) in [6.45, 7) is 6.40.